The molecule has 0 spiro atoms. The third-order valence-corrected chi connectivity index (χ3v) is 5.30. The molecule has 2 N–H and O–H groups in total. The molecule has 2 aromatic carbocycles. The lowest BCUT2D eigenvalue weighted by molar-refractivity contribution is -0.122. The first-order chi connectivity index (χ1) is 13.1. The van der Waals surface area contributed by atoms with E-state index in [1.54, 1.807) is 6.92 Å². The number of hydrogen-bond donors (Lipinski definition) is 2. The van der Waals surface area contributed by atoms with Gasteiger partial charge in [-0.2, -0.15) is 0 Å². The second-order valence-corrected chi connectivity index (χ2v) is 7.36. The summed E-state index contributed by atoms with van der Waals surface area (Å²) in [6.45, 7) is 2.16. The Kier molecular flexibility index (Phi) is 6.64. The standard InChI is InChI=1S/C23H28N2O2/c1-17(22(26)24-16-18-8-4-2-5-9-18)25-23(27)21-14-12-20(13-15-21)19-10-6-3-7-11-19/h2,4-5,8-9,12-15,17,19H,3,6-7,10-11,16H2,1H3,(H,24,26)(H,25,27)/t17-/m1/s1. The van der Waals surface area contributed by atoms with Crippen LogP contribution in [-0.2, 0) is 11.3 Å². The van der Waals surface area contributed by atoms with Crippen molar-refractivity contribution in [1.29, 1.82) is 0 Å². The summed E-state index contributed by atoms with van der Waals surface area (Å²) < 4.78 is 0. The van der Waals surface area contributed by atoms with Crippen LogP contribution >= 0.6 is 0 Å². The first kappa shape index (κ1) is 19.2. The summed E-state index contributed by atoms with van der Waals surface area (Å²) in [5, 5.41) is 5.63. The van der Waals surface area contributed by atoms with Gasteiger partial charge in [0.25, 0.3) is 5.91 Å². The van der Waals surface area contributed by atoms with Crippen LogP contribution in [-0.4, -0.2) is 17.9 Å². The number of nitrogens with one attached hydrogen (secondary N) is 2. The summed E-state index contributed by atoms with van der Waals surface area (Å²) in [5.74, 6) is 0.220. The van der Waals surface area contributed by atoms with E-state index in [0.717, 1.165) is 5.56 Å². The third kappa shape index (κ3) is 5.43. The second-order valence-electron chi connectivity index (χ2n) is 7.36. The summed E-state index contributed by atoms with van der Waals surface area (Å²) >= 11 is 0. The molecule has 0 unspecified atom stereocenters. The van der Waals surface area contributed by atoms with Crippen molar-refractivity contribution in [2.45, 2.75) is 57.5 Å². The Hall–Kier alpha value is -2.62. The van der Waals surface area contributed by atoms with Crippen molar-refractivity contribution < 1.29 is 9.59 Å². The number of rotatable bonds is 6. The van der Waals surface area contributed by atoms with Gasteiger partial charge in [0.15, 0.2) is 0 Å². The quantitative estimate of drug-likeness (QED) is 0.808. The minimum absolute atomic E-state index is 0.189. The van der Waals surface area contributed by atoms with Crippen molar-refractivity contribution in [2.24, 2.45) is 0 Å². The molecule has 0 radical (unpaired) electrons. The van der Waals surface area contributed by atoms with Crippen LogP contribution in [0.25, 0.3) is 0 Å². The molecule has 4 nitrogen and oxygen atoms in total. The lowest BCUT2D eigenvalue weighted by Crippen LogP contribution is -2.44. The van der Waals surface area contributed by atoms with Crippen LogP contribution in [0.4, 0.5) is 0 Å². The number of carbonyl (C=O) groups is 2. The van der Waals surface area contributed by atoms with Crippen LogP contribution < -0.4 is 10.6 Å². The van der Waals surface area contributed by atoms with Gasteiger partial charge in [-0.25, -0.2) is 0 Å². The van der Waals surface area contributed by atoms with Crippen LogP contribution in [0.3, 0.4) is 0 Å². The second kappa shape index (κ2) is 9.36. The summed E-state index contributed by atoms with van der Waals surface area (Å²) in [6, 6.07) is 17.0. The minimum atomic E-state index is -0.584. The van der Waals surface area contributed by atoms with E-state index in [2.05, 4.69) is 22.8 Å². The molecule has 1 aliphatic rings. The van der Waals surface area contributed by atoms with Gasteiger partial charge in [0.05, 0.1) is 0 Å². The van der Waals surface area contributed by atoms with E-state index in [4.69, 9.17) is 0 Å². The van der Waals surface area contributed by atoms with Gasteiger partial charge in [-0.05, 0) is 48.9 Å². The molecular formula is C23H28N2O2. The van der Waals surface area contributed by atoms with Gasteiger partial charge >= 0.3 is 0 Å². The Morgan fingerprint density at radius 3 is 2.30 bits per heavy atom. The van der Waals surface area contributed by atoms with Crippen molar-refractivity contribution in [2.75, 3.05) is 0 Å². The molecule has 0 aromatic heterocycles. The molecule has 4 heteroatoms. The maximum Gasteiger partial charge on any atom is 0.251 e. The fraction of sp³-hybridized carbons (Fsp3) is 0.391. The molecule has 1 fully saturated rings. The van der Waals surface area contributed by atoms with Crippen molar-refractivity contribution in [3.63, 3.8) is 0 Å². The molecule has 0 aliphatic heterocycles. The summed E-state index contributed by atoms with van der Waals surface area (Å²) in [7, 11) is 0. The van der Waals surface area contributed by atoms with E-state index in [0.29, 0.717) is 18.0 Å². The van der Waals surface area contributed by atoms with Crippen LogP contribution in [0, 0.1) is 0 Å². The van der Waals surface area contributed by atoms with Gasteiger partial charge < -0.3 is 10.6 Å². The highest BCUT2D eigenvalue weighted by Gasteiger charge is 2.18. The topological polar surface area (TPSA) is 58.2 Å². The van der Waals surface area contributed by atoms with Crippen molar-refractivity contribution in [1.82, 2.24) is 10.6 Å². The van der Waals surface area contributed by atoms with Crippen molar-refractivity contribution >= 4 is 11.8 Å². The maximum absolute atomic E-state index is 12.4. The zero-order valence-electron chi connectivity index (χ0n) is 15.9. The molecule has 0 heterocycles. The first-order valence-electron chi connectivity index (χ1n) is 9.86. The van der Waals surface area contributed by atoms with Crippen molar-refractivity contribution in [3.05, 3.63) is 71.3 Å². The van der Waals surface area contributed by atoms with Crippen LogP contribution in [0.1, 0.15) is 66.4 Å². The van der Waals surface area contributed by atoms with E-state index >= 15 is 0 Å². The summed E-state index contributed by atoms with van der Waals surface area (Å²) in [4.78, 5) is 24.6. The lowest BCUT2D eigenvalue weighted by Gasteiger charge is -2.22. The molecule has 0 saturated heterocycles. The highest BCUT2D eigenvalue weighted by Crippen LogP contribution is 2.32. The Morgan fingerprint density at radius 1 is 0.963 bits per heavy atom. The monoisotopic (exact) mass is 364 g/mol. The molecule has 27 heavy (non-hydrogen) atoms. The molecule has 1 aliphatic carbocycles. The van der Waals surface area contributed by atoms with Gasteiger partial charge in [0.1, 0.15) is 6.04 Å². The molecule has 2 amide bonds. The Morgan fingerprint density at radius 2 is 1.63 bits per heavy atom. The zero-order valence-corrected chi connectivity index (χ0v) is 15.9. The Balaban J connectivity index is 1.50. The SMILES string of the molecule is C[C@@H](NC(=O)c1ccc(C2CCCCC2)cc1)C(=O)NCc1ccccc1. The van der Waals surface area contributed by atoms with E-state index in [-0.39, 0.29) is 11.8 Å². The van der Waals surface area contributed by atoms with Crippen LogP contribution in [0.2, 0.25) is 0 Å². The highest BCUT2D eigenvalue weighted by molar-refractivity contribution is 5.97. The Labute approximate surface area is 161 Å². The largest absolute Gasteiger partial charge is 0.350 e. The maximum atomic E-state index is 12.4. The average molecular weight is 364 g/mol. The predicted molar refractivity (Wildman–Crippen MR) is 107 cm³/mol. The Bertz CT molecular complexity index is 750. The van der Waals surface area contributed by atoms with Gasteiger partial charge in [0, 0.05) is 12.1 Å². The summed E-state index contributed by atoms with van der Waals surface area (Å²) in [5.41, 5.74) is 2.94. The molecule has 2 aromatic rings. The average Bonchev–Trinajstić information content (AvgIpc) is 2.73. The molecular weight excluding hydrogens is 336 g/mol. The molecule has 1 saturated carbocycles. The van der Waals surface area contributed by atoms with Gasteiger partial charge in [-0.15, -0.1) is 0 Å². The fourth-order valence-corrected chi connectivity index (χ4v) is 3.63. The first-order valence-corrected chi connectivity index (χ1v) is 9.86. The highest BCUT2D eigenvalue weighted by atomic mass is 16.2. The van der Waals surface area contributed by atoms with Gasteiger partial charge in [-0.1, -0.05) is 61.7 Å². The van der Waals surface area contributed by atoms with E-state index in [1.165, 1.54) is 37.7 Å². The fourth-order valence-electron chi connectivity index (χ4n) is 3.63. The molecule has 142 valence electrons. The van der Waals surface area contributed by atoms with Crippen LogP contribution in [0.15, 0.2) is 54.6 Å². The van der Waals surface area contributed by atoms with Crippen LogP contribution in [0.5, 0.6) is 0 Å². The number of amides is 2. The minimum Gasteiger partial charge on any atom is -0.350 e. The normalized spacial score (nSPS) is 15.7. The van der Waals surface area contributed by atoms with E-state index in [1.807, 2.05) is 42.5 Å². The smallest absolute Gasteiger partial charge is 0.251 e. The van der Waals surface area contributed by atoms with Crippen molar-refractivity contribution in [3.8, 4) is 0 Å². The third-order valence-electron chi connectivity index (χ3n) is 5.30. The predicted octanol–water partition coefficient (Wildman–Crippen LogP) is 4.17. The zero-order chi connectivity index (χ0) is 19.1. The summed E-state index contributed by atoms with van der Waals surface area (Å²) in [6.07, 6.45) is 6.40. The number of carbonyl (C=O) groups excluding carboxylic acids is 2. The lowest BCUT2D eigenvalue weighted by atomic mass is 9.84. The van der Waals surface area contributed by atoms with Gasteiger partial charge in [0.2, 0.25) is 5.91 Å². The van der Waals surface area contributed by atoms with E-state index in [9.17, 15) is 9.59 Å². The number of benzene rings is 2. The van der Waals surface area contributed by atoms with E-state index < -0.39 is 6.04 Å². The number of hydrogen-bond acceptors (Lipinski definition) is 2. The molecule has 1 atom stereocenters. The molecule has 3 rings (SSSR count). The van der Waals surface area contributed by atoms with Gasteiger partial charge in [-0.3, -0.25) is 9.59 Å². The molecule has 0 bridgehead atoms.